The molecule has 0 heterocycles. The summed E-state index contributed by atoms with van der Waals surface area (Å²) in [5.41, 5.74) is 0. The fraction of sp³-hybridized carbons (Fsp3) is 1.00. The Morgan fingerprint density at radius 1 is 1.15 bits per heavy atom. The lowest BCUT2D eigenvalue weighted by atomic mass is 10.3. The third-order valence-corrected chi connectivity index (χ3v) is 2.25. The Morgan fingerprint density at radius 2 is 1.92 bits per heavy atom. The molecule has 13 heavy (non-hydrogen) atoms. The van der Waals surface area contributed by atoms with Crippen LogP contribution in [-0.4, -0.2) is 43.5 Å². The second-order valence-corrected chi connectivity index (χ2v) is 3.57. The van der Waals surface area contributed by atoms with Crippen LogP contribution in [0.4, 0.5) is 0 Å². The van der Waals surface area contributed by atoms with Crippen LogP contribution in [0.5, 0.6) is 0 Å². The number of unbranched alkanes of at least 4 members (excludes halogenated alkanes) is 1. The van der Waals surface area contributed by atoms with Gasteiger partial charge in [0.15, 0.2) is 0 Å². The number of hydrogen-bond donors (Lipinski definition) is 1. The van der Waals surface area contributed by atoms with E-state index in [9.17, 15) is 0 Å². The molecule has 0 atom stereocenters. The van der Waals surface area contributed by atoms with E-state index in [1.165, 1.54) is 19.4 Å². The van der Waals surface area contributed by atoms with Crippen LogP contribution in [-0.2, 0) is 4.74 Å². The number of likely N-dealkylation sites (N-methyl/N-ethyl adjacent to an activating group) is 1. The summed E-state index contributed by atoms with van der Waals surface area (Å²) < 4.78 is 5.38. The Hall–Kier alpha value is 0.270. The number of nitrogens with zero attached hydrogens (tertiary/aromatic N) is 1. The van der Waals surface area contributed by atoms with Gasteiger partial charge in [0.05, 0.1) is 13.2 Å². The number of thiol groups is 1. The van der Waals surface area contributed by atoms with E-state index >= 15 is 0 Å². The molecule has 80 valence electrons. The molecule has 2 nitrogen and oxygen atoms in total. The van der Waals surface area contributed by atoms with Crippen LogP contribution >= 0.6 is 12.6 Å². The molecular weight excluding hydrogens is 182 g/mol. The average Bonchev–Trinajstić information content (AvgIpc) is 2.17. The van der Waals surface area contributed by atoms with Gasteiger partial charge in [0, 0.05) is 12.3 Å². The molecule has 0 amide bonds. The Balaban J connectivity index is 3.25. The quantitative estimate of drug-likeness (QED) is 0.457. The topological polar surface area (TPSA) is 12.5 Å². The molecule has 0 aliphatic heterocycles. The molecule has 0 aromatic heterocycles. The highest BCUT2D eigenvalue weighted by atomic mass is 32.1. The Labute approximate surface area is 88.1 Å². The highest BCUT2D eigenvalue weighted by molar-refractivity contribution is 7.80. The van der Waals surface area contributed by atoms with Gasteiger partial charge in [-0.25, -0.2) is 0 Å². The van der Waals surface area contributed by atoms with Crippen molar-refractivity contribution in [2.45, 2.75) is 26.7 Å². The van der Waals surface area contributed by atoms with Crippen LogP contribution in [0.2, 0.25) is 0 Å². The summed E-state index contributed by atoms with van der Waals surface area (Å²) >= 11 is 4.09. The van der Waals surface area contributed by atoms with Crippen LogP contribution in [0.15, 0.2) is 0 Å². The molecule has 0 aliphatic rings. The highest BCUT2D eigenvalue weighted by Gasteiger charge is 2.00. The first-order chi connectivity index (χ1) is 6.35. The molecule has 0 bridgehead atoms. The summed E-state index contributed by atoms with van der Waals surface area (Å²) in [6.45, 7) is 9.44. The SMILES string of the molecule is CCCCN(CC)CCOCCS. The van der Waals surface area contributed by atoms with Crippen molar-refractivity contribution in [1.29, 1.82) is 0 Å². The van der Waals surface area contributed by atoms with Gasteiger partial charge in [-0.2, -0.15) is 12.6 Å². The monoisotopic (exact) mass is 205 g/mol. The van der Waals surface area contributed by atoms with E-state index in [-0.39, 0.29) is 0 Å². The molecule has 0 rings (SSSR count). The number of rotatable bonds is 9. The molecule has 0 saturated carbocycles. The summed E-state index contributed by atoms with van der Waals surface area (Å²) in [7, 11) is 0. The lowest BCUT2D eigenvalue weighted by molar-refractivity contribution is 0.117. The summed E-state index contributed by atoms with van der Waals surface area (Å²) in [5, 5.41) is 0. The van der Waals surface area contributed by atoms with Crippen LogP contribution in [0.3, 0.4) is 0 Å². The van der Waals surface area contributed by atoms with E-state index in [2.05, 4.69) is 31.4 Å². The van der Waals surface area contributed by atoms with E-state index in [1.54, 1.807) is 0 Å². The van der Waals surface area contributed by atoms with Crippen molar-refractivity contribution < 1.29 is 4.74 Å². The van der Waals surface area contributed by atoms with Gasteiger partial charge in [-0.15, -0.1) is 0 Å². The Kier molecular flexibility index (Phi) is 10.6. The predicted octanol–water partition coefficient (Wildman–Crippen LogP) is 2.05. The minimum Gasteiger partial charge on any atom is -0.379 e. The smallest absolute Gasteiger partial charge is 0.0593 e. The van der Waals surface area contributed by atoms with Crippen molar-refractivity contribution >= 4 is 12.6 Å². The van der Waals surface area contributed by atoms with E-state index in [1.807, 2.05) is 0 Å². The molecule has 0 aliphatic carbocycles. The van der Waals surface area contributed by atoms with Gasteiger partial charge in [0.1, 0.15) is 0 Å². The van der Waals surface area contributed by atoms with Crippen molar-refractivity contribution in [2.75, 3.05) is 38.6 Å². The van der Waals surface area contributed by atoms with Crippen molar-refractivity contribution in [3.8, 4) is 0 Å². The Bertz CT molecular complexity index is 101. The Morgan fingerprint density at radius 3 is 2.46 bits per heavy atom. The van der Waals surface area contributed by atoms with E-state index in [4.69, 9.17) is 4.74 Å². The van der Waals surface area contributed by atoms with Crippen LogP contribution in [0, 0.1) is 0 Å². The van der Waals surface area contributed by atoms with Crippen molar-refractivity contribution in [2.24, 2.45) is 0 Å². The molecule has 0 spiro atoms. The van der Waals surface area contributed by atoms with E-state index < -0.39 is 0 Å². The van der Waals surface area contributed by atoms with E-state index in [0.717, 1.165) is 32.1 Å². The standard InChI is InChI=1S/C10H23NOS/c1-3-5-6-11(4-2)7-8-12-9-10-13/h13H,3-10H2,1-2H3. The van der Waals surface area contributed by atoms with Gasteiger partial charge in [-0.1, -0.05) is 20.3 Å². The normalized spacial score (nSPS) is 11.1. The maximum Gasteiger partial charge on any atom is 0.0593 e. The first-order valence-corrected chi connectivity index (χ1v) is 5.89. The zero-order valence-electron chi connectivity index (χ0n) is 8.96. The minimum atomic E-state index is 0.772. The molecule has 3 heteroatoms. The molecular formula is C10H23NOS. The third-order valence-electron chi connectivity index (χ3n) is 2.06. The molecule has 0 unspecified atom stereocenters. The fourth-order valence-electron chi connectivity index (χ4n) is 1.17. The molecule has 0 fully saturated rings. The molecule has 0 radical (unpaired) electrons. The molecule has 0 saturated heterocycles. The lowest BCUT2D eigenvalue weighted by Crippen LogP contribution is -2.28. The maximum atomic E-state index is 5.38. The van der Waals surface area contributed by atoms with Gasteiger partial charge >= 0.3 is 0 Å². The van der Waals surface area contributed by atoms with Crippen molar-refractivity contribution in [3.05, 3.63) is 0 Å². The molecule has 0 aromatic carbocycles. The summed E-state index contributed by atoms with van der Waals surface area (Å²) in [6.07, 6.45) is 2.56. The van der Waals surface area contributed by atoms with Crippen molar-refractivity contribution in [3.63, 3.8) is 0 Å². The summed E-state index contributed by atoms with van der Waals surface area (Å²) in [5.74, 6) is 0.821. The van der Waals surface area contributed by atoms with Crippen LogP contribution < -0.4 is 0 Å². The fourth-order valence-corrected chi connectivity index (χ4v) is 1.30. The first kappa shape index (κ1) is 13.3. The zero-order chi connectivity index (χ0) is 9.94. The lowest BCUT2D eigenvalue weighted by Gasteiger charge is -2.19. The summed E-state index contributed by atoms with van der Waals surface area (Å²) in [6, 6.07) is 0. The first-order valence-electron chi connectivity index (χ1n) is 5.26. The summed E-state index contributed by atoms with van der Waals surface area (Å²) in [4.78, 5) is 2.43. The molecule has 0 N–H and O–H groups in total. The largest absolute Gasteiger partial charge is 0.379 e. The van der Waals surface area contributed by atoms with Gasteiger partial charge in [0.2, 0.25) is 0 Å². The number of hydrogen-bond acceptors (Lipinski definition) is 3. The van der Waals surface area contributed by atoms with E-state index in [0.29, 0.717) is 0 Å². The predicted molar refractivity (Wildman–Crippen MR) is 61.7 cm³/mol. The highest BCUT2D eigenvalue weighted by Crippen LogP contribution is 1.94. The molecule has 0 aromatic rings. The maximum absolute atomic E-state index is 5.38. The van der Waals surface area contributed by atoms with Gasteiger partial charge < -0.3 is 9.64 Å². The zero-order valence-corrected chi connectivity index (χ0v) is 9.85. The second-order valence-electron chi connectivity index (χ2n) is 3.12. The van der Waals surface area contributed by atoms with Crippen LogP contribution in [0.1, 0.15) is 26.7 Å². The third kappa shape index (κ3) is 8.60. The van der Waals surface area contributed by atoms with Crippen LogP contribution in [0.25, 0.3) is 0 Å². The average molecular weight is 205 g/mol. The van der Waals surface area contributed by atoms with Gasteiger partial charge in [-0.3, -0.25) is 0 Å². The second kappa shape index (κ2) is 10.4. The van der Waals surface area contributed by atoms with Crippen molar-refractivity contribution in [1.82, 2.24) is 4.90 Å². The van der Waals surface area contributed by atoms with Gasteiger partial charge in [-0.05, 0) is 19.5 Å². The minimum absolute atomic E-state index is 0.772. The number of ether oxygens (including phenoxy) is 1. The van der Waals surface area contributed by atoms with Gasteiger partial charge in [0.25, 0.3) is 0 Å².